The number of carboxylic acid groups (broad SMARTS) is 1. The predicted octanol–water partition coefficient (Wildman–Crippen LogP) is 4.29. The Balaban J connectivity index is 1.13. The van der Waals surface area contributed by atoms with Crippen molar-refractivity contribution < 1.29 is 29.1 Å². The second-order valence-electron chi connectivity index (χ2n) is 13.5. The number of rotatable bonds is 11. The second-order valence-corrected chi connectivity index (χ2v) is 13.5. The number of hydrogen-bond donors (Lipinski definition) is 7. The van der Waals surface area contributed by atoms with Gasteiger partial charge in [0.1, 0.15) is 12.1 Å². The molecule has 13 nitrogen and oxygen atoms in total. The zero-order valence-electron chi connectivity index (χ0n) is 28.5. The van der Waals surface area contributed by atoms with Crippen LogP contribution in [-0.2, 0) is 20.8 Å². The van der Waals surface area contributed by atoms with Crippen LogP contribution in [0, 0.1) is 18.8 Å². The monoisotopic (exact) mass is 693 g/mol. The fraction of sp³-hybridized carbons (Fsp3) is 0.368. The Labute approximate surface area is 295 Å². The molecule has 1 aromatic heterocycles. The normalized spacial score (nSPS) is 19.4. The average Bonchev–Trinajstić information content (AvgIpc) is 3.60. The van der Waals surface area contributed by atoms with Gasteiger partial charge >= 0.3 is 6.09 Å². The van der Waals surface area contributed by atoms with Crippen LogP contribution in [0.5, 0.6) is 0 Å². The van der Waals surface area contributed by atoms with Gasteiger partial charge in [0.05, 0.1) is 11.7 Å². The first kappa shape index (κ1) is 35.1. The van der Waals surface area contributed by atoms with Gasteiger partial charge in [-0.15, -0.1) is 0 Å². The first-order valence-electron chi connectivity index (χ1n) is 17.4. The summed E-state index contributed by atoms with van der Waals surface area (Å²) in [4.78, 5) is 63.1. The van der Waals surface area contributed by atoms with E-state index in [1.54, 1.807) is 24.4 Å². The third-order valence-electron chi connectivity index (χ3n) is 9.89. The Kier molecular flexibility index (Phi) is 10.9. The van der Waals surface area contributed by atoms with Gasteiger partial charge in [-0.05, 0) is 104 Å². The van der Waals surface area contributed by atoms with Crippen molar-refractivity contribution in [1.82, 2.24) is 31.5 Å². The van der Waals surface area contributed by atoms with Crippen molar-refractivity contribution in [2.45, 2.75) is 64.0 Å². The highest BCUT2D eigenvalue weighted by molar-refractivity contribution is 5.99. The van der Waals surface area contributed by atoms with E-state index in [9.17, 15) is 24.0 Å². The number of hydrogen-bond acceptors (Lipinski definition) is 6. The van der Waals surface area contributed by atoms with Gasteiger partial charge in [0.2, 0.25) is 17.7 Å². The number of nitrogens with zero attached hydrogens (tertiary/aromatic N) is 1. The van der Waals surface area contributed by atoms with Gasteiger partial charge in [-0.3, -0.25) is 24.3 Å². The minimum Gasteiger partial charge on any atom is -0.465 e. The molecule has 1 saturated heterocycles. The summed E-state index contributed by atoms with van der Waals surface area (Å²) in [6, 6.07) is 17.3. The number of carbonyl (C=O) groups is 5. The number of H-pyrrole nitrogens is 1. The lowest BCUT2D eigenvalue weighted by molar-refractivity contribution is -0.130. The van der Waals surface area contributed by atoms with Gasteiger partial charge in [0.25, 0.3) is 5.91 Å². The van der Waals surface area contributed by atoms with Crippen LogP contribution in [0.15, 0.2) is 66.9 Å². The van der Waals surface area contributed by atoms with Crippen LogP contribution < -0.4 is 26.6 Å². The van der Waals surface area contributed by atoms with E-state index in [0.29, 0.717) is 43.6 Å². The Hall–Kier alpha value is -5.72. The molecule has 1 saturated carbocycles. The second kappa shape index (κ2) is 15.9. The molecule has 6 rings (SSSR count). The Morgan fingerprint density at radius 2 is 1.75 bits per heavy atom. The molecule has 51 heavy (non-hydrogen) atoms. The number of carbonyl (C=O) groups excluding carboxylic acids is 4. The molecule has 0 radical (unpaired) electrons. The number of aromatic nitrogens is 2. The quantitative estimate of drug-likeness (QED) is 0.122. The maximum absolute atomic E-state index is 13.7. The number of piperidine rings is 1. The summed E-state index contributed by atoms with van der Waals surface area (Å²) in [5.41, 5.74) is 5.46. The van der Waals surface area contributed by atoms with E-state index in [-0.39, 0.29) is 41.9 Å². The van der Waals surface area contributed by atoms with Crippen LogP contribution in [0.1, 0.15) is 60.0 Å². The first-order chi connectivity index (χ1) is 24.6. The van der Waals surface area contributed by atoms with Crippen LogP contribution in [-0.4, -0.2) is 70.2 Å². The van der Waals surface area contributed by atoms with E-state index in [2.05, 4.69) is 36.8 Å². The molecular formula is C38H43N7O6. The van der Waals surface area contributed by atoms with E-state index in [1.807, 2.05) is 49.4 Å². The van der Waals surface area contributed by atoms with E-state index in [1.165, 1.54) is 0 Å². The van der Waals surface area contributed by atoms with Crippen LogP contribution >= 0.6 is 0 Å². The molecule has 1 unspecified atom stereocenters. The number of aryl methyl sites for hydroxylation is 1. The predicted molar refractivity (Wildman–Crippen MR) is 192 cm³/mol. The third kappa shape index (κ3) is 8.91. The number of fused-ring (bicyclic) bond motifs is 1. The zero-order chi connectivity index (χ0) is 35.9. The molecule has 13 heteroatoms. The van der Waals surface area contributed by atoms with Crippen molar-refractivity contribution in [1.29, 1.82) is 0 Å². The van der Waals surface area contributed by atoms with Crippen LogP contribution in [0.3, 0.4) is 0 Å². The number of benzene rings is 3. The third-order valence-corrected chi connectivity index (χ3v) is 9.89. The van der Waals surface area contributed by atoms with Crippen molar-refractivity contribution >= 4 is 46.3 Å². The van der Waals surface area contributed by atoms with E-state index < -0.39 is 18.2 Å². The maximum atomic E-state index is 13.7. The standard InChI is InChI=1S/C38H43N7O6/c1-22-17-27(35(47)43-31-3-2-16-39-36(31)48)13-15-30(22)25-8-4-23(5-9-25)18-33(37(49)42-29-14-12-28-21-41-45-32(28)19-29)44-34(46)26-10-6-24(7-11-26)20-40-38(50)51/h4-5,8-9,12-15,17,19,21,24,26,31,33,40H,2-3,6-7,10-11,16,18,20H2,1H3,(H,39,48)(H,41,45)(H,42,49)(H,43,47)(H,44,46)(H,50,51)/t24-,26-,31?,33-/m0/s1. The lowest BCUT2D eigenvalue weighted by Gasteiger charge is -2.29. The highest BCUT2D eigenvalue weighted by Gasteiger charge is 2.30. The van der Waals surface area contributed by atoms with Gasteiger partial charge in [0, 0.05) is 42.1 Å². The smallest absolute Gasteiger partial charge is 0.404 e. The highest BCUT2D eigenvalue weighted by Crippen LogP contribution is 2.29. The minimum absolute atomic E-state index is 0.159. The Morgan fingerprint density at radius 3 is 2.47 bits per heavy atom. The molecule has 2 heterocycles. The van der Waals surface area contributed by atoms with Crippen molar-refractivity contribution in [3.05, 3.63) is 83.6 Å². The Bertz CT molecular complexity index is 1920. The van der Waals surface area contributed by atoms with Crippen molar-refractivity contribution in [3.63, 3.8) is 0 Å². The molecule has 2 fully saturated rings. The molecule has 2 aliphatic rings. The molecule has 1 aliphatic heterocycles. The van der Waals surface area contributed by atoms with Crippen LogP contribution in [0.4, 0.5) is 10.5 Å². The maximum Gasteiger partial charge on any atom is 0.404 e. The van der Waals surface area contributed by atoms with E-state index in [4.69, 9.17) is 5.11 Å². The topological polar surface area (TPSA) is 194 Å². The van der Waals surface area contributed by atoms with Crippen molar-refractivity contribution in [2.24, 2.45) is 11.8 Å². The number of amides is 5. The minimum atomic E-state index is -1.05. The molecule has 266 valence electrons. The van der Waals surface area contributed by atoms with Crippen LogP contribution in [0.25, 0.3) is 22.0 Å². The zero-order valence-corrected chi connectivity index (χ0v) is 28.5. The molecule has 4 aromatic rings. The highest BCUT2D eigenvalue weighted by atomic mass is 16.4. The fourth-order valence-electron chi connectivity index (χ4n) is 6.94. The van der Waals surface area contributed by atoms with Crippen LogP contribution in [0.2, 0.25) is 0 Å². The van der Waals surface area contributed by atoms with Gasteiger partial charge in [-0.2, -0.15) is 5.10 Å². The number of nitrogens with one attached hydrogen (secondary N) is 6. The summed E-state index contributed by atoms with van der Waals surface area (Å²) in [5, 5.41) is 30.8. The average molecular weight is 694 g/mol. The molecular weight excluding hydrogens is 650 g/mol. The van der Waals surface area contributed by atoms with E-state index >= 15 is 0 Å². The Morgan fingerprint density at radius 1 is 0.961 bits per heavy atom. The molecule has 5 amide bonds. The summed E-state index contributed by atoms with van der Waals surface area (Å²) in [6.07, 6.45) is 5.03. The summed E-state index contributed by atoms with van der Waals surface area (Å²) in [7, 11) is 0. The van der Waals surface area contributed by atoms with Gasteiger partial charge < -0.3 is 31.7 Å². The van der Waals surface area contributed by atoms with Crippen molar-refractivity contribution in [3.8, 4) is 11.1 Å². The number of aromatic amines is 1. The largest absolute Gasteiger partial charge is 0.465 e. The molecule has 3 aromatic carbocycles. The van der Waals surface area contributed by atoms with Gasteiger partial charge in [-0.25, -0.2) is 4.79 Å². The molecule has 0 bridgehead atoms. The number of anilines is 1. The van der Waals surface area contributed by atoms with E-state index in [0.717, 1.165) is 52.4 Å². The summed E-state index contributed by atoms with van der Waals surface area (Å²) >= 11 is 0. The SMILES string of the molecule is Cc1cc(C(=O)NC2CCCNC2=O)ccc1-c1ccc(C[C@H](NC(=O)[C@H]2CC[C@H](CNC(=O)O)CC2)C(=O)Nc2ccc3cn[nH]c3c2)cc1. The van der Waals surface area contributed by atoms with Gasteiger partial charge in [0.15, 0.2) is 0 Å². The van der Waals surface area contributed by atoms with Gasteiger partial charge in [-0.1, -0.05) is 30.3 Å². The lowest BCUT2D eigenvalue weighted by Crippen LogP contribution is -2.50. The fourth-order valence-corrected chi connectivity index (χ4v) is 6.94. The lowest BCUT2D eigenvalue weighted by atomic mass is 9.81. The molecule has 7 N–H and O–H groups in total. The molecule has 2 atom stereocenters. The summed E-state index contributed by atoms with van der Waals surface area (Å²) in [5.74, 6) is -1.07. The summed E-state index contributed by atoms with van der Waals surface area (Å²) < 4.78 is 0. The molecule has 0 spiro atoms. The summed E-state index contributed by atoms with van der Waals surface area (Å²) in [6.45, 7) is 2.92. The van der Waals surface area contributed by atoms with Crippen molar-refractivity contribution in [2.75, 3.05) is 18.4 Å². The first-order valence-corrected chi connectivity index (χ1v) is 17.4. The molecule has 1 aliphatic carbocycles.